The van der Waals surface area contributed by atoms with Crippen molar-refractivity contribution in [3.8, 4) is 57.3 Å². The van der Waals surface area contributed by atoms with Crippen LogP contribution in [0.15, 0.2) is 57.8 Å². The third-order valence-corrected chi connectivity index (χ3v) is 9.01. The molecule has 2 fully saturated rings. The van der Waals surface area contributed by atoms with Gasteiger partial charge in [0.2, 0.25) is 17.5 Å². The SMILES string of the molecule is C[C@@H]1O[C@@H](Oc2c(-c3cc(O)c([O-])c(O)c3)oc3cc(O)cc(O)c3c2=O)[C@H](O[C@@H]2O[C@H](COC(=O)/C=C/c3ccc(O)c(O)c3)[C@@H](O)[C@H](O)[C@H]2O)[C@H](O)[C@H]1O. The number of hydrogen-bond donors (Lipinski definition) is 11. The van der Waals surface area contributed by atoms with Gasteiger partial charge in [-0.15, -0.1) is 0 Å². The first-order chi connectivity index (χ1) is 26.4. The molecule has 3 heterocycles. The van der Waals surface area contributed by atoms with Crippen molar-refractivity contribution >= 4 is 23.0 Å². The van der Waals surface area contributed by atoms with Gasteiger partial charge >= 0.3 is 5.97 Å². The van der Waals surface area contributed by atoms with Crippen molar-refractivity contribution in [1.82, 2.24) is 0 Å². The van der Waals surface area contributed by atoms with Crippen LogP contribution in [0.2, 0.25) is 0 Å². The third-order valence-electron chi connectivity index (χ3n) is 9.01. The van der Waals surface area contributed by atoms with Gasteiger partial charge in [-0.05, 0) is 48.6 Å². The second kappa shape index (κ2) is 15.7. The van der Waals surface area contributed by atoms with Gasteiger partial charge in [0, 0.05) is 23.8 Å². The van der Waals surface area contributed by atoms with Gasteiger partial charge in [0.1, 0.15) is 77.2 Å². The molecule has 0 aliphatic carbocycles. The molecule has 0 amide bonds. The van der Waals surface area contributed by atoms with E-state index in [9.17, 15) is 70.9 Å². The van der Waals surface area contributed by atoms with Crippen LogP contribution in [0.1, 0.15) is 12.5 Å². The van der Waals surface area contributed by atoms with E-state index in [0.29, 0.717) is 5.56 Å². The summed E-state index contributed by atoms with van der Waals surface area (Å²) in [5, 5.41) is 125. The van der Waals surface area contributed by atoms with E-state index in [0.717, 1.165) is 36.4 Å². The number of ether oxygens (including phenoxy) is 5. The molecule has 2 aliphatic rings. The number of phenolic OH excluding ortho intramolecular Hbond substituents is 6. The standard InChI is InChI=1S/C36H36O20/c1-12-25(44)30(49)34(56-35-31(50)29(48)27(46)22(54-35)11-51-23(43)5-3-13-2-4-16(38)17(39)6-13)36(52-12)55-33-28(47)24-18(40)9-15(37)10-21(24)53-32(33)14-7-19(41)26(45)20(42)8-14/h2-10,12,22,25,27,29-31,34-42,44-46,48-50H,11H2,1H3/p-1/b5-3+/t12-,22+,25-,27+,29-,30+,31+,34+,35-,36-/m0/s1. The molecule has 20 nitrogen and oxygen atoms in total. The van der Waals surface area contributed by atoms with Crippen LogP contribution < -0.4 is 15.3 Å². The normalized spacial score (nSPS) is 28.0. The fraction of sp³-hybridized carbons (Fsp3) is 0.333. The highest BCUT2D eigenvalue weighted by Crippen LogP contribution is 2.42. The highest BCUT2D eigenvalue weighted by Gasteiger charge is 2.51. The van der Waals surface area contributed by atoms with E-state index in [4.69, 9.17) is 28.1 Å². The van der Waals surface area contributed by atoms with E-state index in [1.54, 1.807) is 0 Å². The van der Waals surface area contributed by atoms with Gasteiger partial charge in [-0.25, -0.2) is 4.79 Å². The molecule has 11 N–H and O–H groups in total. The number of rotatable bonds is 9. The van der Waals surface area contributed by atoms with Gasteiger partial charge < -0.3 is 89.4 Å². The Balaban J connectivity index is 1.29. The maximum Gasteiger partial charge on any atom is 0.330 e. The lowest BCUT2D eigenvalue weighted by atomic mass is 9.97. The van der Waals surface area contributed by atoms with Crippen LogP contribution in [0, 0.1) is 0 Å². The van der Waals surface area contributed by atoms with Gasteiger partial charge in [0.15, 0.2) is 29.7 Å². The number of aliphatic hydroxyl groups is 5. The average Bonchev–Trinajstić information content (AvgIpc) is 3.14. The third kappa shape index (κ3) is 7.80. The largest absolute Gasteiger partial charge is 0.867 e. The molecular formula is C36H35O20-. The summed E-state index contributed by atoms with van der Waals surface area (Å²) in [5.41, 5.74) is -1.60. The minimum atomic E-state index is -2.06. The van der Waals surface area contributed by atoms with Crippen molar-refractivity contribution in [2.75, 3.05) is 6.61 Å². The van der Waals surface area contributed by atoms with Crippen LogP contribution in [0.5, 0.6) is 46.0 Å². The van der Waals surface area contributed by atoms with E-state index < -0.39 is 136 Å². The Hall–Kier alpha value is -5.84. The number of hydrogen-bond acceptors (Lipinski definition) is 20. The predicted octanol–water partition coefficient (Wildman–Crippen LogP) is -0.938. The molecule has 1 aromatic heterocycles. The van der Waals surface area contributed by atoms with Gasteiger partial charge in [-0.3, -0.25) is 4.79 Å². The number of aromatic hydroxyl groups is 6. The Morgan fingerprint density at radius 3 is 2.16 bits per heavy atom. The van der Waals surface area contributed by atoms with E-state index in [2.05, 4.69) is 0 Å². The number of fused-ring (bicyclic) bond motifs is 1. The first kappa shape index (κ1) is 39.8. The highest BCUT2D eigenvalue weighted by molar-refractivity contribution is 5.89. The predicted molar refractivity (Wildman–Crippen MR) is 182 cm³/mol. The average molecular weight is 788 g/mol. The molecular weight excluding hydrogens is 752 g/mol. The molecule has 2 saturated heterocycles. The lowest BCUT2D eigenvalue weighted by molar-refractivity contribution is -0.355. The molecule has 56 heavy (non-hydrogen) atoms. The van der Waals surface area contributed by atoms with Crippen molar-refractivity contribution in [3.05, 3.63) is 64.3 Å². The van der Waals surface area contributed by atoms with Gasteiger partial charge in [0.05, 0.1) is 6.10 Å². The maximum atomic E-state index is 13.9. The van der Waals surface area contributed by atoms with Crippen LogP contribution in [0.3, 0.4) is 0 Å². The zero-order valence-electron chi connectivity index (χ0n) is 28.8. The van der Waals surface area contributed by atoms with Gasteiger partial charge in [0.25, 0.3) is 0 Å². The molecule has 10 atom stereocenters. The Labute approximate surface area is 313 Å². The van der Waals surface area contributed by atoms with E-state index >= 15 is 0 Å². The molecule has 3 aromatic carbocycles. The van der Waals surface area contributed by atoms with Crippen molar-refractivity contribution in [1.29, 1.82) is 0 Å². The summed E-state index contributed by atoms with van der Waals surface area (Å²) in [6, 6.07) is 7.09. The Morgan fingerprint density at radius 1 is 0.786 bits per heavy atom. The van der Waals surface area contributed by atoms with Crippen LogP contribution >= 0.6 is 0 Å². The first-order valence-corrected chi connectivity index (χ1v) is 16.6. The number of esters is 1. The quantitative estimate of drug-likeness (QED) is 0.0554. The minimum absolute atomic E-state index is 0.307. The van der Waals surface area contributed by atoms with Crippen molar-refractivity contribution < 1.29 is 94.2 Å². The zero-order chi connectivity index (χ0) is 40.7. The minimum Gasteiger partial charge on any atom is -0.867 e. The molecule has 6 rings (SSSR count). The fourth-order valence-corrected chi connectivity index (χ4v) is 6.00. The molecule has 20 heteroatoms. The Kier molecular flexibility index (Phi) is 11.2. The second-order valence-electron chi connectivity index (χ2n) is 12.9. The molecule has 2 aliphatic heterocycles. The number of carbonyl (C=O) groups is 1. The summed E-state index contributed by atoms with van der Waals surface area (Å²) in [6.07, 6.45) is -16.1. The number of carbonyl (C=O) groups excluding carboxylic acids is 1. The van der Waals surface area contributed by atoms with E-state index in [-0.39, 0.29) is 11.3 Å². The summed E-state index contributed by atoms with van der Waals surface area (Å²) in [4.78, 5) is 26.4. The molecule has 0 spiro atoms. The molecule has 0 bridgehead atoms. The van der Waals surface area contributed by atoms with Gasteiger partial charge in [-0.2, -0.15) is 0 Å². The number of aliphatic hydroxyl groups excluding tert-OH is 5. The lowest BCUT2D eigenvalue weighted by Crippen LogP contribution is -2.64. The van der Waals surface area contributed by atoms with Crippen molar-refractivity contribution in [2.24, 2.45) is 0 Å². The Bertz CT molecular complexity index is 2180. The molecule has 4 aromatic rings. The van der Waals surface area contributed by atoms with E-state index in [1.165, 1.54) is 25.1 Å². The highest BCUT2D eigenvalue weighted by atomic mass is 16.8. The summed E-state index contributed by atoms with van der Waals surface area (Å²) in [7, 11) is 0. The van der Waals surface area contributed by atoms with Crippen LogP contribution in [-0.2, 0) is 23.7 Å². The summed E-state index contributed by atoms with van der Waals surface area (Å²) in [6.45, 7) is 0.567. The second-order valence-corrected chi connectivity index (χ2v) is 12.9. The van der Waals surface area contributed by atoms with Gasteiger partial charge in [-0.1, -0.05) is 6.07 Å². The zero-order valence-corrected chi connectivity index (χ0v) is 28.8. The monoisotopic (exact) mass is 787 g/mol. The number of benzene rings is 3. The molecule has 0 saturated carbocycles. The smallest absolute Gasteiger partial charge is 0.330 e. The lowest BCUT2D eigenvalue weighted by Gasteiger charge is -2.45. The van der Waals surface area contributed by atoms with Crippen molar-refractivity contribution in [3.63, 3.8) is 0 Å². The van der Waals surface area contributed by atoms with Crippen LogP contribution in [-0.4, -0.2) is 130 Å². The summed E-state index contributed by atoms with van der Waals surface area (Å²) < 4.78 is 33.8. The molecule has 0 unspecified atom stereocenters. The fourth-order valence-electron chi connectivity index (χ4n) is 6.00. The summed E-state index contributed by atoms with van der Waals surface area (Å²) in [5.74, 6) is -7.72. The first-order valence-electron chi connectivity index (χ1n) is 16.6. The topological polar surface area (TPSA) is 339 Å². The molecule has 300 valence electrons. The molecule has 0 radical (unpaired) electrons. The van der Waals surface area contributed by atoms with E-state index in [1.807, 2.05) is 0 Å². The Morgan fingerprint density at radius 2 is 1.48 bits per heavy atom. The number of phenols is 6. The summed E-state index contributed by atoms with van der Waals surface area (Å²) >= 11 is 0. The van der Waals surface area contributed by atoms with Crippen LogP contribution in [0.4, 0.5) is 0 Å². The van der Waals surface area contributed by atoms with Crippen molar-refractivity contribution in [2.45, 2.75) is 68.3 Å². The van der Waals surface area contributed by atoms with Crippen LogP contribution in [0.25, 0.3) is 28.4 Å². The maximum absolute atomic E-state index is 13.9.